The van der Waals surface area contributed by atoms with Crippen LogP contribution < -0.4 is 4.74 Å². The van der Waals surface area contributed by atoms with Crippen LogP contribution in [0.4, 0.5) is 0 Å². The van der Waals surface area contributed by atoms with Crippen LogP contribution in [0.3, 0.4) is 0 Å². The number of benzene rings is 2. The maximum atomic E-state index is 9.21. The highest BCUT2D eigenvalue weighted by atomic mass is 35.5. The van der Waals surface area contributed by atoms with Gasteiger partial charge >= 0.3 is 0 Å². The zero-order valence-corrected chi connectivity index (χ0v) is 12.8. The van der Waals surface area contributed by atoms with Crippen molar-refractivity contribution in [2.45, 2.75) is 13.0 Å². The largest absolute Gasteiger partial charge is 0.490 e. The molecule has 0 atom stereocenters. The normalized spacial score (nSPS) is 11.0. The molecule has 1 heterocycles. The van der Waals surface area contributed by atoms with E-state index in [2.05, 4.69) is 9.55 Å². The zero-order valence-electron chi connectivity index (χ0n) is 12.1. The number of imidazole rings is 1. The molecular formula is C17H17ClN2O2. The van der Waals surface area contributed by atoms with Crippen LogP contribution >= 0.6 is 11.6 Å². The number of hydrogen-bond acceptors (Lipinski definition) is 3. The fourth-order valence-corrected chi connectivity index (χ4v) is 2.66. The highest BCUT2D eigenvalue weighted by molar-refractivity contribution is 6.32. The van der Waals surface area contributed by atoms with Crippen LogP contribution in [0.1, 0.15) is 5.82 Å². The molecule has 0 aliphatic carbocycles. The predicted molar refractivity (Wildman–Crippen MR) is 87.5 cm³/mol. The molecule has 2 aromatic carbocycles. The average molecular weight is 317 g/mol. The van der Waals surface area contributed by atoms with Crippen LogP contribution in [0.25, 0.3) is 11.0 Å². The Morgan fingerprint density at radius 3 is 2.68 bits per heavy atom. The lowest BCUT2D eigenvalue weighted by Gasteiger charge is -2.11. The Labute approximate surface area is 133 Å². The van der Waals surface area contributed by atoms with E-state index in [9.17, 15) is 5.11 Å². The number of aliphatic hydroxyl groups is 1. The minimum absolute atomic E-state index is 0.0781. The molecule has 0 aliphatic rings. The average Bonchev–Trinajstić information content (AvgIpc) is 2.87. The highest BCUT2D eigenvalue weighted by Gasteiger charge is 2.10. The van der Waals surface area contributed by atoms with Crippen LogP contribution in [0.15, 0.2) is 48.5 Å². The number of ether oxygens (including phenoxy) is 1. The van der Waals surface area contributed by atoms with Crippen molar-refractivity contribution in [3.63, 3.8) is 0 Å². The highest BCUT2D eigenvalue weighted by Crippen LogP contribution is 2.23. The maximum Gasteiger partial charge on any atom is 0.137 e. The summed E-state index contributed by atoms with van der Waals surface area (Å²) in [6.45, 7) is 1.22. The third-order valence-electron chi connectivity index (χ3n) is 3.48. The first-order chi connectivity index (χ1) is 10.8. The van der Waals surface area contributed by atoms with Crippen LogP contribution in [-0.2, 0) is 13.0 Å². The summed E-state index contributed by atoms with van der Waals surface area (Å²) in [6.07, 6.45) is 0.529. The molecule has 1 N–H and O–H groups in total. The summed E-state index contributed by atoms with van der Waals surface area (Å²) in [4.78, 5) is 4.57. The van der Waals surface area contributed by atoms with Gasteiger partial charge in [0.25, 0.3) is 0 Å². The van der Waals surface area contributed by atoms with Gasteiger partial charge in [-0.3, -0.25) is 0 Å². The minimum atomic E-state index is 0.0781. The second kappa shape index (κ2) is 6.81. The Balaban J connectivity index is 1.78. The monoisotopic (exact) mass is 316 g/mol. The fraction of sp³-hybridized carbons (Fsp3) is 0.235. The van der Waals surface area contributed by atoms with Crippen molar-refractivity contribution < 1.29 is 9.84 Å². The molecule has 0 fully saturated rings. The van der Waals surface area contributed by atoms with Gasteiger partial charge in [-0.15, -0.1) is 0 Å². The molecule has 3 rings (SSSR count). The zero-order chi connectivity index (χ0) is 15.4. The van der Waals surface area contributed by atoms with Gasteiger partial charge in [0.1, 0.15) is 18.2 Å². The maximum absolute atomic E-state index is 9.21. The Bertz CT molecular complexity index is 770. The van der Waals surface area contributed by atoms with E-state index in [0.29, 0.717) is 30.3 Å². The van der Waals surface area contributed by atoms with E-state index in [0.717, 1.165) is 16.9 Å². The standard InChI is InChI=1S/C17H17ClN2O2/c18-13-5-1-4-8-16(13)22-12-10-20-15-7-3-2-6-14(15)19-17(20)9-11-21/h1-8,21H,9-12H2. The van der Waals surface area contributed by atoms with Crippen molar-refractivity contribution in [2.24, 2.45) is 0 Å². The molecule has 3 aromatic rings. The summed E-state index contributed by atoms with van der Waals surface area (Å²) < 4.78 is 7.83. The molecule has 114 valence electrons. The van der Waals surface area contributed by atoms with E-state index >= 15 is 0 Å². The van der Waals surface area contributed by atoms with Gasteiger partial charge in [0.05, 0.1) is 29.2 Å². The Morgan fingerprint density at radius 2 is 1.86 bits per heavy atom. The molecule has 0 unspecified atom stereocenters. The van der Waals surface area contributed by atoms with Gasteiger partial charge in [-0.25, -0.2) is 4.98 Å². The molecule has 0 spiro atoms. The fourth-order valence-electron chi connectivity index (χ4n) is 2.47. The smallest absolute Gasteiger partial charge is 0.137 e. The number of rotatable bonds is 6. The topological polar surface area (TPSA) is 47.3 Å². The Morgan fingerprint density at radius 1 is 1.09 bits per heavy atom. The first-order valence-electron chi connectivity index (χ1n) is 7.22. The number of aliphatic hydroxyl groups excluding tert-OH is 1. The molecule has 0 saturated heterocycles. The Hall–Kier alpha value is -2.04. The van der Waals surface area contributed by atoms with Crippen molar-refractivity contribution >= 4 is 22.6 Å². The van der Waals surface area contributed by atoms with Crippen LogP contribution in [0.5, 0.6) is 5.75 Å². The molecule has 0 radical (unpaired) electrons. The second-order valence-corrected chi connectivity index (χ2v) is 5.33. The predicted octanol–water partition coefficient (Wildman–Crippen LogP) is 3.30. The van der Waals surface area contributed by atoms with Crippen molar-refractivity contribution in [2.75, 3.05) is 13.2 Å². The summed E-state index contributed by atoms with van der Waals surface area (Å²) in [5.74, 6) is 1.55. The number of fused-ring (bicyclic) bond motifs is 1. The van der Waals surface area contributed by atoms with E-state index in [1.54, 1.807) is 6.07 Å². The van der Waals surface area contributed by atoms with Gasteiger partial charge < -0.3 is 14.4 Å². The molecule has 5 heteroatoms. The lowest BCUT2D eigenvalue weighted by molar-refractivity contribution is 0.283. The molecular weight excluding hydrogens is 300 g/mol. The molecule has 22 heavy (non-hydrogen) atoms. The summed E-state index contributed by atoms with van der Waals surface area (Å²) in [7, 11) is 0. The molecule has 0 aliphatic heterocycles. The second-order valence-electron chi connectivity index (χ2n) is 4.92. The van der Waals surface area contributed by atoms with Crippen molar-refractivity contribution in [3.05, 3.63) is 59.4 Å². The molecule has 0 bridgehead atoms. The van der Waals surface area contributed by atoms with Crippen molar-refractivity contribution in [1.82, 2.24) is 9.55 Å². The number of para-hydroxylation sites is 3. The summed E-state index contributed by atoms with van der Waals surface area (Å²) in [5, 5.41) is 9.81. The van der Waals surface area contributed by atoms with E-state index in [1.807, 2.05) is 42.5 Å². The lowest BCUT2D eigenvalue weighted by atomic mass is 10.3. The molecule has 0 amide bonds. The number of halogens is 1. The van der Waals surface area contributed by atoms with Gasteiger partial charge in [0, 0.05) is 6.42 Å². The van der Waals surface area contributed by atoms with E-state index < -0.39 is 0 Å². The van der Waals surface area contributed by atoms with Crippen molar-refractivity contribution in [3.8, 4) is 5.75 Å². The van der Waals surface area contributed by atoms with Gasteiger partial charge in [-0.05, 0) is 24.3 Å². The quantitative estimate of drug-likeness (QED) is 0.759. The Kier molecular flexibility index (Phi) is 4.61. The van der Waals surface area contributed by atoms with Crippen LogP contribution in [0, 0.1) is 0 Å². The van der Waals surface area contributed by atoms with Crippen molar-refractivity contribution in [1.29, 1.82) is 0 Å². The van der Waals surface area contributed by atoms with Gasteiger partial charge in [-0.2, -0.15) is 0 Å². The van der Waals surface area contributed by atoms with E-state index in [1.165, 1.54) is 0 Å². The minimum Gasteiger partial charge on any atom is -0.490 e. The number of nitrogens with zero attached hydrogens (tertiary/aromatic N) is 2. The summed E-state index contributed by atoms with van der Waals surface area (Å²) >= 11 is 6.08. The summed E-state index contributed by atoms with van der Waals surface area (Å²) in [6, 6.07) is 15.4. The number of hydrogen-bond donors (Lipinski definition) is 1. The van der Waals surface area contributed by atoms with Gasteiger partial charge in [-0.1, -0.05) is 35.9 Å². The molecule has 0 saturated carbocycles. The first-order valence-corrected chi connectivity index (χ1v) is 7.59. The first kappa shape index (κ1) is 14.9. The van der Waals surface area contributed by atoms with E-state index in [-0.39, 0.29) is 6.61 Å². The molecule has 4 nitrogen and oxygen atoms in total. The SMILES string of the molecule is OCCc1nc2ccccc2n1CCOc1ccccc1Cl. The lowest BCUT2D eigenvalue weighted by Crippen LogP contribution is -2.12. The van der Waals surface area contributed by atoms with Crippen LogP contribution in [0.2, 0.25) is 5.02 Å². The summed E-state index contributed by atoms with van der Waals surface area (Å²) in [5.41, 5.74) is 1.98. The van der Waals surface area contributed by atoms with Crippen LogP contribution in [-0.4, -0.2) is 27.9 Å². The molecule has 1 aromatic heterocycles. The van der Waals surface area contributed by atoms with Gasteiger partial charge in [0.2, 0.25) is 0 Å². The number of aromatic nitrogens is 2. The third kappa shape index (κ3) is 3.08. The van der Waals surface area contributed by atoms with Gasteiger partial charge in [0.15, 0.2) is 0 Å². The van der Waals surface area contributed by atoms with E-state index in [4.69, 9.17) is 16.3 Å². The third-order valence-corrected chi connectivity index (χ3v) is 3.79.